The number of halogens is 1. The van der Waals surface area contributed by atoms with Crippen molar-refractivity contribution in [1.82, 2.24) is 0 Å². The highest BCUT2D eigenvalue weighted by Gasteiger charge is 2.30. The van der Waals surface area contributed by atoms with Crippen molar-refractivity contribution in [3.8, 4) is 5.75 Å². The quantitative estimate of drug-likeness (QED) is 0.903. The number of sulfone groups is 1. The van der Waals surface area contributed by atoms with Gasteiger partial charge in [0, 0.05) is 18.7 Å². The Bertz CT molecular complexity index is 589. The summed E-state index contributed by atoms with van der Waals surface area (Å²) < 4.78 is 42.7. The van der Waals surface area contributed by atoms with Gasteiger partial charge in [-0.1, -0.05) is 0 Å². The maximum atomic E-state index is 13.6. The first-order valence-corrected chi connectivity index (χ1v) is 9.19. The first kappa shape index (κ1) is 16.2. The van der Waals surface area contributed by atoms with Crippen LogP contribution in [0, 0.1) is 5.82 Å². The second-order valence-electron chi connectivity index (χ2n) is 5.69. The van der Waals surface area contributed by atoms with Crippen LogP contribution >= 0.6 is 0 Å². The number of nitrogens with two attached hydrogens (primary N) is 1. The maximum absolute atomic E-state index is 13.6. The molecule has 21 heavy (non-hydrogen) atoms. The average molecular weight is 315 g/mol. The van der Waals surface area contributed by atoms with Gasteiger partial charge in [0.2, 0.25) is 0 Å². The van der Waals surface area contributed by atoms with Crippen molar-refractivity contribution in [2.45, 2.75) is 43.5 Å². The highest BCUT2D eigenvalue weighted by molar-refractivity contribution is 7.91. The van der Waals surface area contributed by atoms with Gasteiger partial charge >= 0.3 is 0 Å². The van der Waals surface area contributed by atoms with Crippen LogP contribution in [0.1, 0.15) is 31.2 Å². The molecule has 1 aliphatic rings. The molecule has 2 rings (SSSR count). The fourth-order valence-corrected chi connectivity index (χ4v) is 3.95. The maximum Gasteiger partial charge on any atom is 0.150 e. The molecule has 118 valence electrons. The molecular formula is C15H22FNO3S. The summed E-state index contributed by atoms with van der Waals surface area (Å²) in [6.45, 7) is 0.447. The third-order valence-corrected chi connectivity index (χ3v) is 5.49. The molecule has 1 aromatic rings. The van der Waals surface area contributed by atoms with Gasteiger partial charge in [-0.2, -0.15) is 0 Å². The zero-order valence-corrected chi connectivity index (χ0v) is 13.0. The normalized spacial score (nSPS) is 23.0. The van der Waals surface area contributed by atoms with E-state index in [2.05, 4.69) is 0 Å². The summed E-state index contributed by atoms with van der Waals surface area (Å²) in [4.78, 5) is 0. The molecule has 6 heteroatoms. The van der Waals surface area contributed by atoms with Crippen LogP contribution in [0.4, 0.5) is 4.39 Å². The summed E-state index contributed by atoms with van der Waals surface area (Å²) in [5.74, 6) is 0.101. The number of benzene rings is 1. The van der Waals surface area contributed by atoms with Crippen molar-refractivity contribution in [2.24, 2.45) is 5.73 Å². The van der Waals surface area contributed by atoms with Gasteiger partial charge in [0.15, 0.2) is 0 Å². The lowest BCUT2D eigenvalue weighted by atomic mass is 9.97. The Balaban J connectivity index is 2.07. The van der Waals surface area contributed by atoms with E-state index in [-0.39, 0.29) is 17.2 Å². The second kappa shape index (κ2) is 6.75. The molecule has 0 spiro atoms. The fraction of sp³-hybridized carbons (Fsp3) is 0.600. The van der Waals surface area contributed by atoms with Crippen molar-refractivity contribution in [2.75, 3.05) is 12.8 Å². The lowest BCUT2D eigenvalue weighted by Gasteiger charge is -2.28. The first-order valence-electron chi connectivity index (χ1n) is 7.23. The summed E-state index contributed by atoms with van der Waals surface area (Å²) >= 11 is 0. The SMILES string of the molecule is CS(=O)(=O)C1CCCC(Oc2cc(F)cc(CCN)c2)C1. The van der Waals surface area contributed by atoms with Gasteiger partial charge in [-0.25, -0.2) is 12.8 Å². The van der Waals surface area contributed by atoms with E-state index in [1.807, 2.05) is 0 Å². The molecule has 1 aromatic carbocycles. The third-order valence-electron chi connectivity index (χ3n) is 3.85. The standard InChI is InChI=1S/C15H22FNO3S/c1-21(18,19)15-4-2-3-13(10-15)20-14-8-11(5-6-17)7-12(16)9-14/h7-9,13,15H,2-6,10,17H2,1H3. The molecule has 0 aromatic heterocycles. The Labute approximate surface area is 125 Å². The summed E-state index contributed by atoms with van der Waals surface area (Å²) in [5, 5.41) is -0.353. The monoisotopic (exact) mass is 315 g/mol. The number of ether oxygens (including phenoxy) is 1. The van der Waals surface area contributed by atoms with Gasteiger partial charge in [0.1, 0.15) is 21.4 Å². The molecule has 0 bridgehead atoms. The van der Waals surface area contributed by atoms with E-state index < -0.39 is 9.84 Å². The molecule has 2 N–H and O–H groups in total. The zero-order valence-electron chi connectivity index (χ0n) is 12.2. The van der Waals surface area contributed by atoms with Gasteiger partial charge in [0.05, 0.1) is 11.4 Å². The molecule has 4 nitrogen and oxygen atoms in total. The van der Waals surface area contributed by atoms with E-state index in [9.17, 15) is 12.8 Å². The minimum atomic E-state index is -3.05. The van der Waals surface area contributed by atoms with Gasteiger partial charge in [-0.15, -0.1) is 0 Å². The smallest absolute Gasteiger partial charge is 0.150 e. The molecule has 0 radical (unpaired) electrons. The molecule has 0 saturated heterocycles. The van der Waals surface area contributed by atoms with Crippen LogP contribution in [0.3, 0.4) is 0 Å². The Hall–Kier alpha value is -1.14. The minimum Gasteiger partial charge on any atom is -0.490 e. The Morgan fingerprint density at radius 3 is 2.76 bits per heavy atom. The van der Waals surface area contributed by atoms with Gasteiger partial charge in [-0.05, 0) is 49.9 Å². The summed E-state index contributed by atoms with van der Waals surface area (Å²) in [6, 6.07) is 4.56. The highest BCUT2D eigenvalue weighted by Crippen LogP contribution is 2.28. The number of hydrogen-bond donors (Lipinski definition) is 1. The van der Waals surface area contributed by atoms with Crippen molar-refractivity contribution in [3.63, 3.8) is 0 Å². The largest absolute Gasteiger partial charge is 0.490 e. The van der Waals surface area contributed by atoms with E-state index in [0.717, 1.165) is 18.4 Å². The molecule has 1 saturated carbocycles. The molecule has 2 unspecified atom stereocenters. The van der Waals surface area contributed by atoms with Crippen LogP contribution in [0.2, 0.25) is 0 Å². The van der Waals surface area contributed by atoms with Gasteiger partial charge in [-0.3, -0.25) is 0 Å². The van der Waals surface area contributed by atoms with Crippen molar-refractivity contribution < 1.29 is 17.5 Å². The van der Waals surface area contributed by atoms with Crippen LogP contribution in [0.25, 0.3) is 0 Å². The first-order chi connectivity index (χ1) is 9.88. The van der Waals surface area contributed by atoms with Crippen LogP contribution in [-0.2, 0) is 16.3 Å². The lowest BCUT2D eigenvalue weighted by molar-refractivity contribution is 0.155. The van der Waals surface area contributed by atoms with Crippen molar-refractivity contribution in [1.29, 1.82) is 0 Å². The fourth-order valence-electron chi connectivity index (χ4n) is 2.79. The highest BCUT2D eigenvalue weighted by atomic mass is 32.2. The summed E-state index contributed by atoms with van der Waals surface area (Å²) in [7, 11) is -3.05. The number of rotatable bonds is 5. The molecule has 1 fully saturated rings. The molecule has 0 amide bonds. The minimum absolute atomic E-state index is 0.175. The summed E-state index contributed by atoms with van der Waals surface area (Å²) in [6.07, 6.45) is 4.45. The van der Waals surface area contributed by atoms with Crippen LogP contribution in [0.5, 0.6) is 5.75 Å². The Morgan fingerprint density at radius 2 is 2.10 bits per heavy atom. The second-order valence-corrected chi connectivity index (χ2v) is 8.02. The zero-order chi connectivity index (χ0) is 15.5. The van der Waals surface area contributed by atoms with Crippen LogP contribution < -0.4 is 10.5 Å². The van der Waals surface area contributed by atoms with Crippen molar-refractivity contribution >= 4 is 9.84 Å². The van der Waals surface area contributed by atoms with Gasteiger partial charge in [0.25, 0.3) is 0 Å². The molecule has 2 atom stereocenters. The molecule has 0 aliphatic heterocycles. The van der Waals surface area contributed by atoms with E-state index >= 15 is 0 Å². The van der Waals surface area contributed by atoms with E-state index in [0.29, 0.717) is 31.6 Å². The lowest BCUT2D eigenvalue weighted by Crippen LogP contribution is -2.33. The van der Waals surface area contributed by atoms with Crippen molar-refractivity contribution in [3.05, 3.63) is 29.6 Å². The predicted molar refractivity (Wildman–Crippen MR) is 80.7 cm³/mol. The predicted octanol–water partition coefficient (Wildman–Crippen LogP) is 2.06. The summed E-state index contributed by atoms with van der Waals surface area (Å²) in [5.41, 5.74) is 6.28. The van der Waals surface area contributed by atoms with E-state index in [4.69, 9.17) is 10.5 Å². The van der Waals surface area contributed by atoms with Gasteiger partial charge < -0.3 is 10.5 Å². The van der Waals surface area contributed by atoms with Crippen LogP contribution in [0.15, 0.2) is 18.2 Å². The molecular weight excluding hydrogens is 293 g/mol. The number of hydrogen-bond acceptors (Lipinski definition) is 4. The van der Waals surface area contributed by atoms with E-state index in [1.165, 1.54) is 18.4 Å². The third kappa shape index (κ3) is 4.68. The molecule has 1 aliphatic carbocycles. The Kier molecular flexibility index (Phi) is 5.22. The topological polar surface area (TPSA) is 69.4 Å². The molecule has 0 heterocycles. The Morgan fingerprint density at radius 1 is 1.33 bits per heavy atom. The van der Waals surface area contributed by atoms with Crippen LogP contribution in [-0.4, -0.2) is 32.6 Å². The van der Waals surface area contributed by atoms with E-state index in [1.54, 1.807) is 6.07 Å². The average Bonchev–Trinajstić information content (AvgIpc) is 2.37.